The first-order valence-electron chi connectivity index (χ1n) is 10.3. The van der Waals surface area contributed by atoms with Crippen molar-refractivity contribution in [3.63, 3.8) is 0 Å². The van der Waals surface area contributed by atoms with Crippen LogP contribution in [-0.2, 0) is 14.8 Å². The highest BCUT2D eigenvalue weighted by molar-refractivity contribution is 7.88. The zero-order chi connectivity index (χ0) is 23.1. The van der Waals surface area contributed by atoms with Crippen molar-refractivity contribution < 1.29 is 22.4 Å². The Balaban J connectivity index is 1.80. The first kappa shape index (κ1) is 23.7. The average Bonchev–Trinajstić information content (AvgIpc) is 2.79. The smallest absolute Gasteiger partial charge is 0.321 e. The summed E-state index contributed by atoms with van der Waals surface area (Å²) in [6, 6.07) is 13.7. The lowest BCUT2D eigenvalue weighted by molar-refractivity contribution is -0.122. The molecule has 0 radical (unpaired) electrons. The first-order valence-corrected chi connectivity index (χ1v) is 12.2. The van der Waals surface area contributed by atoms with Crippen LogP contribution in [0.1, 0.15) is 24.4 Å². The van der Waals surface area contributed by atoms with Gasteiger partial charge >= 0.3 is 6.03 Å². The summed E-state index contributed by atoms with van der Waals surface area (Å²) in [4.78, 5) is 26.7. The Kier molecular flexibility index (Phi) is 7.81. The number of nitrogens with zero attached hydrogens (tertiary/aromatic N) is 2. The fraction of sp³-hybridized carbons (Fsp3) is 0.364. The average molecular weight is 463 g/mol. The summed E-state index contributed by atoms with van der Waals surface area (Å²) in [6.07, 6.45) is 1.44. The van der Waals surface area contributed by atoms with Crippen molar-refractivity contribution in [2.75, 3.05) is 37.8 Å². The van der Waals surface area contributed by atoms with Crippen LogP contribution in [0.5, 0.6) is 0 Å². The lowest BCUT2D eigenvalue weighted by Crippen LogP contribution is -2.41. The van der Waals surface area contributed by atoms with E-state index in [2.05, 4.69) is 10.6 Å². The van der Waals surface area contributed by atoms with Gasteiger partial charge in [-0.1, -0.05) is 42.5 Å². The lowest BCUT2D eigenvalue weighted by Gasteiger charge is -2.30. The number of benzene rings is 2. The minimum atomic E-state index is -3.63. The third-order valence-electron chi connectivity index (χ3n) is 5.25. The van der Waals surface area contributed by atoms with Crippen LogP contribution in [0.2, 0.25) is 0 Å². The van der Waals surface area contributed by atoms with Crippen LogP contribution in [0.3, 0.4) is 0 Å². The van der Waals surface area contributed by atoms with Crippen molar-refractivity contribution >= 4 is 27.6 Å². The van der Waals surface area contributed by atoms with Gasteiger partial charge in [0.05, 0.1) is 18.0 Å². The molecule has 1 saturated heterocycles. The Morgan fingerprint density at radius 3 is 2.44 bits per heavy atom. The van der Waals surface area contributed by atoms with Crippen LogP contribution < -0.4 is 10.6 Å². The number of urea groups is 1. The summed E-state index contributed by atoms with van der Waals surface area (Å²) in [5.74, 6) is -0.871. The maximum Gasteiger partial charge on any atom is 0.321 e. The monoisotopic (exact) mass is 462 g/mol. The molecule has 1 aliphatic rings. The first-order chi connectivity index (χ1) is 15.3. The minimum Gasteiger partial charge on any atom is -0.354 e. The van der Waals surface area contributed by atoms with Gasteiger partial charge in [0.1, 0.15) is 5.82 Å². The molecule has 1 unspecified atom stereocenters. The Hall–Kier alpha value is -2.98. The van der Waals surface area contributed by atoms with Gasteiger partial charge in [0, 0.05) is 32.6 Å². The molecule has 1 heterocycles. The second-order valence-corrected chi connectivity index (χ2v) is 9.54. The third kappa shape index (κ3) is 6.27. The van der Waals surface area contributed by atoms with E-state index in [0.717, 1.165) is 11.8 Å². The normalized spacial score (nSPS) is 19.0. The summed E-state index contributed by atoms with van der Waals surface area (Å²) < 4.78 is 40.4. The fourth-order valence-corrected chi connectivity index (χ4v) is 4.80. The lowest BCUT2D eigenvalue weighted by atomic mass is 10.0. The van der Waals surface area contributed by atoms with Gasteiger partial charge in [-0.3, -0.25) is 4.79 Å². The standard InChI is InChI=1S/C22H27FN4O4S/c1-32(30,31)27-14-7-13-26(22(29)25-19-11-6-5-10-18(19)23)15-12-24-21(28)16-20(27)17-8-3-2-4-9-17/h2-6,8-11,20H,7,12-16H2,1H3,(H,24,28)(H,25,29). The topological polar surface area (TPSA) is 98.8 Å². The van der Waals surface area contributed by atoms with Crippen molar-refractivity contribution in [2.24, 2.45) is 0 Å². The number of hydrogen-bond donors (Lipinski definition) is 2. The number of amides is 3. The molecule has 3 rings (SSSR count). The van der Waals surface area contributed by atoms with E-state index in [1.807, 2.05) is 6.07 Å². The van der Waals surface area contributed by atoms with Crippen molar-refractivity contribution in [3.05, 3.63) is 66.0 Å². The molecular weight excluding hydrogens is 435 g/mol. The van der Waals surface area contributed by atoms with Gasteiger partial charge in [0.25, 0.3) is 0 Å². The molecule has 1 fully saturated rings. The number of sulfonamides is 1. The molecule has 8 nitrogen and oxygen atoms in total. The molecule has 0 saturated carbocycles. The van der Waals surface area contributed by atoms with E-state index in [9.17, 15) is 22.4 Å². The number of carbonyl (C=O) groups is 2. The molecule has 0 spiro atoms. The highest BCUT2D eigenvalue weighted by Crippen LogP contribution is 2.27. The Labute approximate surface area is 187 Å². The molecular formula is C22H27FN4O4S. The van der Waals surface area contributed by atoms with E-state index in [0.29, 0.717) is 6.42 Å². The van der Waals surface area contributed by atoms with Gasteiger partial charge in [-0.2, -0.15) is 4.31 Å². The van der Waals surface area contributed by atoms with Crippen LogP contribution >= 0.6 is 0 Å². The summed E-state index contributed by atoms with van der Waals surface area (Å²) in [5, 5.41) is 5.29. The van der Waals surface area contributed by atoms with Crippen LogP contribution in [0.25, 0.3) is 0 Å². The van der Waals surface area contributed by atoms with Crippen molar-refractivity contribution in [1.29, 1.82) is 0 Å². The highest BCUT2D eigenvalue weighted by Gasteiger charge is 2.30. The van der Waals surface area contributed by atoms with Gasteiger partial charge in [-0.15, -0.1) is 0 Å². The predicted octanol–water partition coefficient (Wildman–Crippen LogP) is 2.57. The Bertz CT molecular complexity index is 1050. The summed E-state index contributed by atoms with van der Waals surface area (Å²) in [6.45, 7) is 0.781. The third-order valence-corrected chi connectivity index (χ3v) is 6.54. The van der Waals surface area contributed by atoms with Crippen LogP contribution in [0.15, 0.2) is 54.6 Å². The fourth-order valence-electron chi connectivity index (χ4n) is 3.68. The quantitative estimate of drug-likeness (QED) is 0.732. The molecule has 3 amide bonds. The zero-order valence-electron chi connectivity index (χ0n) is 17.8. The number of anilines is 1. The predicted molar refractivity (Wildman–Crippen MR) is 120 cm³/mol. The Morgan fingerprint density at radius 1 is 1.06 bits per heavy atom. The van der Waals surface area contributed by atoms with E-state index in [-0.39, 0.29) is 44.2 Å². The van der Waals surface area contributed by atoms with Crippen molar-refractivity contribution in [3.8, 4) is 0 Å². The highest BCUT2D eigenvalue weighted by atomic mass is 32.2. The van der Waals surface area contributed by atoms with Gasteiger partial charge in [0.15, 0.2) is 0 Å². The number of para-hydroxylation sites is 1. The van der Waals surface area contributed by atoms with Gasteiger partial charge in [-0.25, -0.2) is 17.6 Å². The SMILES string of the molecule is CS(=O)(=O)N1CCCN(C(=O)Nc2ccccc2F)CCNC(=O)CC1c1ccccc1. The van der Waals surface area contributed by atoms with Gasteiger partial charge < -0.3 is 15.5 Å². The van der Waals surface area contributed by atoms with Crippen LogP contribution in [0.4, 0.5) is 14.9 Å². The number of rotatable bonds is 3. The minimum absolute atomic E-state index is 0.0293. The molecule has 2 aromatic rings. The number of hydrogen-bond acceptors (Lipinski definition) is 4. The molecule has 32 heavy (non-hydrogen) atoms. The van der Waals surface area contributed by atoms with E-state index in [4.69, 9.17) is 0 Å². The van der Waals surface area contributed by atoms with Crippen LogP contribution in [0, 0.1) is 5.82 Å². The maximum atomic E-state index is 13.9. The molecule has 10 heteroatoms. The number of nitrogens with one attached hydrogen (secondary N) is 2. The van der Waals surface area contributed by atoms with Crippen molar-refractivity contribution in [2.45, 2.75) is 18.9 Å². The second-order valence-electron chi connectivity index (χ2n) is 7.60. The number of halogens is 1. The van der Waals surface area contributed by atoms with E-state index in [1.54, 1.807) is 30.3 Å². The molecule has 0 aromatic heterocycles. The van der Waals surface area contributed by atoms with Crippen molar-refractivity contribution in [1.82, 2.24) is 14.5 Å². The van der Waals surface area contributed by atoms with Gasteiger partial charge in [0.2, 0.25) is 15.9 Å². The van der Waals surface area contributed by atoms with Crippen LogP contribution in [-0.4, -0.2) is 62.0 Å². The molecule has 0 bridgehead atoms. The molecule has 2 N–H and O–H groups in total. The zero-order valence-corrected chi connectivity index (χ0v) is 18.6. The maximum absolute atomic E-state index is 13.9. The largest absolute Gasteiger partial charge is 0.354 e. The summed E-state index contributed by atoms with van der Waals surface area (Å²) in [7, 11) is -3.63. The molecule has 1 atom stereocenters. The van der Waals surface area contributed by atoms with E-state index >= 15 is 0 Å². The Morgan fingerprint density at radius 2 is 1.75 bits per heavy atom. The van der Waals surface area contributed by atoms with E-state index in [1.165, 1.54) is 27.4 Å². The molecule has 1 aliphatic heterocycles. The summed E-state index contributed by atoms with van der Waals surface area (Å²) in [5.41, 5.74) is 0.777. The molecule has 172 valence electrons. The second kappa shape index (κ2) is 10.6. The number of carbonyl (C=O) groups excluding carboxylic acids is 2. The van der Waals surface area contributed by atoms with Gasteiger partial charge in [-0.05, 0) is 24.1 Å². The summed E-state index contributed by atoms with van der Waals surface area (Å²) >= 11 is 0. The molecule has 0 aliphatic carbocycles. The molecule has 2 aromatic carbocycles. The van der Waals surface area contributed by atoms with E-state index < -0.39 is 27.9 Å².